The summed E-state index contributed by atoms with van der Waals surface area (Å²) in [4.78, 5) is 17.9. The molecule has 0 bridgehead atoms. The fourth-order valence-corrected chi connectivity index (χ4v) is 1.43. The molecular formula is C12H21N3O3. The van der Waals surface area contributed by atoms with Gasteiger partial charge in [0.25, 0.3) is 5.56 Å². The molecule has 0 aliphatic carbocycles. The maximum absolute atomic E-state index is 11.4. The lowest BCUT2D eigenvalue weighted by Gasteiger charge is -2.08. The third-order valence-electron chi connectivity index (χ3n) is 2.41. The number of H-pyrrole nitrogens is 1. The van der Waals surface area contributed by atoms with Gasteiger partial charge in [-0.2, -0.15) is 0 Å². The van der Waals surface area contributed by atoms with Crippen LogP contribution in [0.4, 0.5) is 5.82 Å². The first kappa shape index (κ1) is 14.5. The number of rotatable bonds is 9. The maximum Gasteiger partial charge on any atom is 0.295 e. The zero-order valence-electron chi connectivity index (χ0n) is 11.0. The van der Waals surface area contributed by atoms with E-state index in [1.54, 1.807) is 0 Å². The van der Waals surface area contributed by atoms with Crippen LogP contribution in [0.5, 0.6) is 5.75 Å². The van der Waals surface area contributed by atoms with E-state index in [1.165, 1.54) is 13.4 Å². The van der Waals surface area contributed by atoms with E-state index in [1.807, 2.05) is 0 Å². The Morgan fingerprint density at radius 2 is 2.17 bits per heavy atom. The minimum absolute atomic E-state index is 0.212. The monoisotopic (exact) mass is 255 g/mol. The highest BCUT2D eigenvalue weighted by Gasteiger charge is 2.07. The summed E-state index contributed by atoms with van der Waals surface area (Å²) in [6.45, 7) is 4.34. The van der Waals surface area contributed by atoms with Gasteiger partial charge in [-0.15, -0.1) is 0 Å². The Morgan fingerprint density at radius 1 is 1.39 bits per heavy atom. The summed E-state index contributed by atoms with van der Waals surface area (Å²) in [6, 6.07) is 0. The van der Waals surface area contributed by atoms with Crippen molar-refractivity contribution in [3.05, 3.63) is 16.7 Å². The number of nitrogens with zero attached hydrogens (tertiary/aromatic N) is 1. The van der Waals surface area contributed by atoms with Gasteiger partial charge in [0.15, 0.2) is 5.82 Å². The van der Waals surface area contributed by atoms with Gasteiger partial charge in [0.1, 0.15) is 0 Å². The molecule has 0 saturated carbocycles. The molecule has 0 fully saturated rings. The second-order valence-electron chi connectivity index (χ2n) is 3.86. The smallest absolute Gasteiger partial charge is 0.295 e. The SMILES string of the molecule is CCCCOCCCNc1nc[nH]c(=O)c1OC. The van der Waals surface area contributed by atoms with Crippen molar-refractivity contribution in [1.29, 1.82) is 0 Å². The number of ether oxygens (including phenoxy) is 2. The molecule has 1 heterocycles. The third-order valence-corrected chi connectivity index (χ3v) is 2.41. The van der Waals surface area contributed by atoms with Gasteiger partial charge in [-0.25, -0.2) is 4.98 Å². The number of aromatic amines is 1. The Morgan fingerprint density at radius 3 is 2.89 bits per heavy atom. The molecule has 0 unspecified atom stereocenters. The van der Waals surface area contributed by atoms with Crippen molar-refractivity contribution in [1.82, 2.24) is 9.97 Å². The highest BCUT2D eigenvalue weighted by Crippen LogP contribution is 2.13. The van der Waals surface area contributed by atoms with Crippen LogP contribution in [0.15, 0.2) is 11.1 Å². The largest absolute Gasteiger partial charge is 0.489 e. The van der Waals surface area contributed by atoms with Crippen LogP contribution in [0, 0.1) is 0 Å². The average molecular weight is 255 g/mol. The predicted octanol–water partition coefficient (Wildman–Crippen LogP) is 1.40. The van der Waals surface area contributed by atoms with Crippen LogP contribution >= 0.6 is 0 Å². The Bertz CT molecular complexity index is 392. The van der Waals surface area contributed by atoms with Crippen LogP contribution in [0.1, 0.15) is 26.2 Å². The Balaban J connectivity index is 2.27. The Labute approximate surface area is 107 Å². The van der Waals surface area contributed by atoms with E-state index < -0.39 is 0 Å². The van der Waals surface area contributed by atoms with Crippen LogP contribution < -0.4 is 15.6 Å². The van der Waals surface area contributed by atoms with Crippen molar-refractivity contribution in [2.24, 2.45) is 0 Å². The van der Waals surface area contributed by atoms with Crippen molar-refractivity contribution >= 4 is 5.82 Å². The topological polar surface area (TPSA) is 76.2 Å². The lowest BCUT2D eigenvalue weighted by Crippen LogP contribution is -2.15. The van der Waals surface area contributed by atoms with Gasteiger partial charge in [0.05, 0.1) is 13.4 Å². The molecule has 6 heteroatoms. The predicted molar refractivity (Wildman–Crippen MR) is 70.2 cm³/mol. The van der Waals surface area contributed by atoms with Gasteiger partial charge in [-0.1, -0.05) is 13.3 Å². The number of hydrogen-bond acceptors (Lipinski definition) is 5. The first-order chi connectivity index (χ1) is 8.79. The summed E-state index contributed by atoms with van der Waals surface area (Å²) in [5.41, 5.74) is -0.283. The van der Waals surface area contributed by atoms with Crippen molar-refractivity contribution in [3.63, 3.8) is 0 Å². The minimum atomic E-state index is -0.283. The van der Waals surface area contributed by atoms with Crippen LogP contribution in [-0.2, 0) is 4.74 Å². The number of anilines is 1. The lowest BCUT2D eigenvalue weighted by atomic mass is 10.3. The molecule has 0 radical (unpaired) electrons. The van der Waals surface area contributed by atoms with Crippen LogP contribution in [0.2, 0.25) is 0 Å². The molecule has 1 aromatic heterocycles. The summed E-state index contributed by atoms with van der Waals surface area (Å²) < 4.78 is 10.4. The van der Waals surface area contributed by atoms with Crippen molar-refractivity contribution in [2.45, 2.75) is 26.2 Å². The van der Waals surface area contributed by atoms with Crippen LogP contribution in [0.3, 0.4) is 0 Å². The van der Waals surface area contributed by atoms with Gasteiger partial charge in [0.2, 0.25) is 5.75 Å². The Hall–Kier alpha value is -1.56. The van der Waals surface area contributed by atoms with Crippen molar-refractivity contribution in [3.8, 4) is 5.75 Å². The van der Waals surface area contributed by atoms with E-state index in [4.69, 9.17) is 9.47 Å². The zero-order chi connectivity index (χ0) is 13.2. The van der Waals surface area contributed by atoms with Gasteiger partial charge >= 0.3 is 0 Å². The summed E-state index contributed by atoms with van der Waals surface area (Å²) in [5, 5.41) is 3.06. The maximum atomic E-state index is 11.4. The van der Waals surface area contributed by atoms with Gasteiger partial charge in [-0.3, -0.25) is 4.79 Å². The van der Waals surface area contributed by atoms with E-state index in [2.05, 4.69) is 22.2 Å². The standard InChI is InChI=1S/C12H21N3O3/c1-3-4-7-18-8-5-6-13-11-10(17-2)12(16)15-9-14-11/h9H,3-8H2,1-2H3,(H2,13,14,15,16). The van der Waals surface area contributed by atoms with Crippen LogP contribution in [0.25, 0.3) is 0 Å². The average Bonchev–Trinajstić information content (AvgIpc) is 2.38. The quantitative estimate of drug-likeness (QED) is 0.652. The number of nitrogens with one attached hydrogen (secondary N) is 2. The number of unbranched alkanes of at least 4 members (excludes halogenated alkanes) is 1. The third kappa shape index (κ3) is 4.75. The second kappa shape index (κ2) is 8.52. The summed E-state index contributed by atoms with van der Waals surface area (Å²) in [7, 11) is 1.45. The fourth-order valence-electron chi connectivity index (χ4n) is 1.43. The molecule has 0 atom stereocenters. The lowest BCUT2D eigenvalue weighted by molar-refractivity contribution is 0.131. The summed E-state index contributed by atoms with van der Waals surface area (Å²) in [5.74, 6) is 0.680. The zero-order valence-corrected chi connectivity index (χ0v) is 11.0. The first-order valence-electron chi connectivity index (χ1n) is 6.22. The van der Waals surface area contributed by atoms with E-state index in [-0.39, 0.29) is 11.3 Å². The van der Waals surface area contributed by atoms with Crippen molar-refractivity contribution in [2.75, 3.05) is 32.2 Å². The molecule has 0 aliphatic heterocycles. The van der Waals surface area contributed by atoms with Crippen LogP contribution in [-0.4, -0.2) is 36.8 Å². The molecule has 0 spiro atoms. The van der Waals surface area contributed by atoms with Crippen molar-refractivity contribution < 1.29 is 9.47 Å². The number of methoxy groups -OCH3 is 1. The molecule has 1 rings (SSSR count). The molecule has 102 valence electrons. The minimum Gasteiger partial charge on any atom is -0.489 e. The van der Waals surface area contributed by atoms with Gasteiger partial charge in [-0.05, 0) is 12.8 Å². The molecule has 1 aromatic rings. The number of aromatic nitrogens is 2. The summed E-state index contributed by atoms with van der Waals surface area (Å²) in [6.07, 6.45) is 4.45. The molecule has 2 N–H and O–H groups in total. The highest BCUT2D eigenvalue weighted by atomic mass is 16.5. The molecule has 6 nitrogen and oxygen atoms in total. The van der Waals surface area contributed by atoms with E-state index >= 15 is 0 Å². The molecule has 0 aromatic carbocycles. The van der Waals surface area contributed by atoms with E-state index in [0.717, 1.165) is 25.9 Å². The second-order valence-corrected chi connectivity index (χ2v) is 3.86. The van der Waals surface area contributed by atoms with E-state index in [9.17, 15) is 4.79 Å². The summed E-state index contributed by atoms with van der Waals surface area (Å²) >= 11 is 0. The molecular weight excluding hydrogens is 234 g/mol. The van der Waals surface area contributed by atoms with Gasteiger partial charge < -0.3 is 19.8 Å². The molecule has 0 aliphatic rings. The first-order valence-corrected chi connectivity index (χ1v) is 6.22. The Kier molecular flexibility index (Phi) is 6.86. The highest BCUT2D eigenvalue weighted by molar-refractivity contribution is 5.47. The molecule has 0 saturated heterocycles. The molecule has 0 amide bonds. The number of hydrogen-bond donors (Lipinski definition) is 2. The normalized spacial score (nSPS) is 10.3. The van der Waals surface area contributed by atoms with E-state index in [0.29, 0.717) is 19.0 Å². The van der Waals surface area contributed by atoms with Gasteiger partial charge in [0, 0.05) is 19.8 Å². The molecule has 18 heavy (non-hydrogen) atoms. The fraction of sp³-hybridized carbons (Fsp3) is 0.667.